The van der Waals surface area contributed by atoms with Crippen molar-refractivity contribution in [2.45, 2.75) is 6.42 Å². The quantitative estimate of drug-likeness (QED) is 0.723. The normalized spacial score (nSPS) is 9.08. The molecule has 0 fully saturated rings. The fraction of sp³-hybridized carbons (Fsp3) is 0.222. The molecule has 0 aliphatic heterocycles. The zero-order valence-electron chi connectivity index (χ0n) is 7.05. The summed E-state index contributed by atoms with van der Waals surface area (Å²) in [5, 5.41) is 0. The summed E-state index contributed by atoms with van der Waals surface area (Å²) in [6, 6.07) is 1.84. The molecule has 3 nitrogen and oxygen atoms in total. The Hall–Kier alpha value is -1.05. The Morgan fingerprint density at radius 3 is 3.00 bits per heavy atom. The summed E-state index contributed by atoms with van der Waals surface area (Å²) in [5.74, 6) is 6.26. The molecule has 0 aliphatic carbocycles. The van der Waals surface area contributed by atoms with Gasteiger partial charge in [-0.2, -0.15) is 0 Å². The molecular weight excluding hydrogens is 230 g/mol. The van der Waals surface area contributed by atoms with E-state index in [0.717, 1.165) is 10.0 Å². The highest BCUT2D eigenvalue weighted by atomic mass is 79.9. The first-order valence-corrected chi connectivity index (χ1v) is 4.63. The van der Waals surface area contributed by atoms with Gasteiger partial charge in [0.1, 0.15) is 5.82 Å². The van der Waals surface area contributed by atoms with Crippen molar-refractivity contribution in [3.05, 3.63) is 22.3 Å². The van der Waals surface area contributed by atoms with Gasteiger partial charge in [0.2, 0.25) is 0 Å². The first-order valence-electron chi connectivity index (χ1n) is 3.84. The van der Waals surface area contributed by atoms with Gasteiger partial charge in [-0.05, 0) is 22.0 Å². The smallest absolute Gasteiger partial charge is 0.139 e. The second-order valence-corrected chi connectivity index (χ2v) is 3.34. The van der Waals surface area contributed by atoms with Crippen LogP contribution in [-0.2, 0) is 0 Å². The van der Waals surface area contributed by atoms with Gasteiger partial charge in [-0.25, -0.2) is 4.98 Å². The number of nitrogens with zero attached hydrogens (tertiary/aromatic N) is 1. The molecule has 1 aromatic heterocycles. The Bertz CT molecular complexity index is 352. The topological polar surface area (TPSA) is 64.9 Å². The van der Waals surface area contributed by atoms with Crippen molar-refractivity contribution in [3.63, 3.8) is 0 Å². The lowest BCUT2D eigenvalue weighted by molar-refractivity contribution is 1.03. The van der Waals surface area contributed by atoms with Crippen LogP contribution in [-0.4, -0.2) is 11.5 Å². The summed E-state index contributed by atoms with van der Waals surface area (Å²) < 4.78 is 0.874. The molecule has 1 rings (SSSR count). The molecule has 0 atom stereocenters. The number of hydrogen-bond donors (Lipinski definition) is 2. The maximum absolute atomic E-state index is 5.61. The van der Waals surface area contributed by atoms with Gasteiger partial charge in [0.05, 0.1) is 5.56 Å². The van der Waals surface area contributed by atoms with E-state index in [9.17, 15) is 0 Å². The largest absolute Gasteiger partial charge is 0.383 e. The fourth-order valence-electron chi connectivity index (χ4n) is 0.780. The molecular formula is C9H10BrN3. The van der Waals surface area contributed by atoms with Gasteiger partial charge in [-0.1, -0.05) is 11.8 Å². The zero-order valence-corrected chi connectivity index (χ0v) is 8.63. The second-order valence-electron chi connectivity index (χ2n) is 2.43. The summed E-state index contributed by atoms with van der Waals surface area (Å²) in [5.41, 5.74) is 11.6. The number of rotatable bonds is 1. The highest BCUT2D eigenvalue weighted by Gasteiger charge is 1.96. The van der Waals surface area contributed by atoms with E-state index in [2.05, 4.69) is 32.8 Å². The molecule has 0 spiro atoms. The highest BCUT2D eigenvalue weighted by molar-refractivity contribution is 9.10. The maximum atomic E-state index is 5.61. The van der Waals surface area contributed by atoms with Gasteiger partial charge in [-0.3, -0.25) is 0 Å². The number of nitrogen functional groups attached to an aromatic ring is 1. The van der Waals surface area contributed by atoms with E-state index in [1.807, 2.05) is 6.07 Å². The SMILES string of the molecule is NCCC#Cc1cc(Br)cnc1N. The standard InChI is InChI=1S/C9H10BrN3/c10-8-5-7(3-1-2-4-11)9(12)13-6-8/h5-6H,2,4,11H2,(H2,12,13). The molecule has 0 aliphatic rings. The number of halogens is 1. The van der Waals surface area contributed by atoms with Crippen LogP contribution in [0.3, 0.4) is 0 Å². The van der Waals surface area contributed by atoms with Crippen LogP contribution in [0.4, 0.5) is 5.82 Å². The number of nitrogens with two attached hydrogens (primary N) is 2. The zero-order chi connectivity index (χ0) is 9.68. The van der Waals surface area contributed by atoms with Gasteiger partial charge in [0, 0.05) is 23.6 Å². The van der Waals surface area contributed by atoms with Crippen LogP contribution in [0.15, 0.2) is 16.7 Å². The average molecular weight is 240 g/mol. The predicted octanol–water partition coefficient (Wildman–Crippen LogP) is 1.13. The monoisotopic (exact) mass is 239 g/mol. The molecule has 68 valence electrons. The molecule has 4 heteroatoms. The van der Waals surface area contributed by atoms with Gasteiger partial charge in [0.15, 0.2) is 0 Å². The van der Waals surface area contributed by atoms with Crippen LogP contribution in [0.5, 0.6) is 0 Å². The first kappa shape index (κ1) is 10.0. The minimum atomic E-state index is 0.452. The summed E-state index contributed by atoms with van der Waals surface area (Å²) in [6.07, 6.45) is 2.31. The lowest BCUT2D eigenvalue weighted by atomic mass is 10.2. The van der Waals surface area contributed by atoms with Gasteiger partial charge >= 0.3 is 0 Å². The van der Waals surface area contributed by atoms with E-state index in [-0.39, 0.29) is 0 Å². The third-order valence-electron chi connectivity index (χ3n) is 1.38. The Morgan fingerprint density at radius 1 is 1.54 bits per heavy atom. The molecule has 0 saturated heterocycles. The molecule has 13 heavy (non-hydrogen) atoms. The maximum Gasteiger partial charge on any atom is 0.139 e. The second kappa shape index (κ2) is 4.85. The number of pyridine rings is 1. The molecule has 0 amide bonds. The van der Waals surface area contributed by atoms with Crippen LogP contribution >= 0.6 is 15.9 Å². The Labute approximate surface area is 85.7 Å². The fourth-order valence-corrected chi connectivity index (χ4v) is 1.11. The van der Waals surface area contributed by atoms with E-state index in [1.165, 1.54) is 0 Å². The molecule has 0 radical (unpaired) electrons. The van der Waals surface area contributed by atoms with Crippen molar-refractivity contribution in [1.82, 2.24) is 4.98 Å². The Morgan fingerprint density at radius 2 is 2.31 bits per heavy atom. The van der Waals surface area contributed by atoms with E-state index >= 15 is 0 Å². The van der Waals surface area contributed by atoms with E-state index in [0.29, 0.717) is 18.8 Å². The minimum absolute atomic E-state index is 0.452. The van der Waals surface area contributed by atoms with Crippen LogP contribution in [0.2, 0.25) is 0 Å². The van der Waals surface area contributed by atoms with Crippen LogP contribution in [0.25, 0.3) is 0 Å². The van der Waals surface area contributed by atoms with Gasteiger partial charge in [-0.15, -0.1) is 0 Å². The van der Waals surface area contributed by atoms with Crippen molar-refractivity contribution in [3.8, 4) is 11.8 Å². The van der Waals surface area contributed by atoms with Crippen molar-refractivity contribution in [2.24, 2.45) is 5.73 Å². The molecule has 0 aromatic carbocycles. The third kappa shape index (κ3) is 3.05. The molecule has 0 bridgehead atoms. The molecule has 4 N–H and O–H groups in total. The van der Waals surface area contributed by atoms with Crippen molar-refractivity contribution >= 4 is 21.7 Å². The molecule has 1 heterocycles. The highest BCUT2D eigenvalue weighted by Crippen LogP contribution is 2.13. The summed E-state index contributed by atoms with van der Waals surface area (Å²) in [7, 11) is 0. The average Bonchev–Trinajstić information content (AvgIpc) is 2.11. The van der Waals surface area contributed by atoms with Gasteiger partial charge < -0.3 is 11.5 Å². The number of hydrogen-bond acceptors (Lipinski definition) is 3. The summed E-state index contributed by atoms with van der Waals surface area (Å²) in [6.45, 7) is 0.564. The third-order valence-corrected chi connectivity index (χ3v) is 1.81. The van der Waals surface area contributed by atoms with E-state index < -0.39 is 0 Å². The lowest BCUT2D eigenvalue weighted by Crippen LogP contribution is -1.96. The minimum Gasteiger partial charge on any atom is -0.383 e. The van der Waals surface area contributed by atoms with Gasteiger partial charge in [0.25, 0.3) is 0 Å². The van der Waals surface area contributed by atoms with Crippen molar-refractivity contribution < 1.29 is 0 Å². The van der Waals surface area contributed by atoms with E-state index in [1.54, 1.807) is 6.20 Å². The summed E-state index contributed by atoms with van der Waals surface area (Å²) >= 11 is 3.29. The molecule has 1 aromatic rings. The number of anilines is 1. The lowest BCUT2D eigenvalue weighted by Gasteiger charge is -1.96. The van der Waals surface area contributed by atoms with E-state index in [4.69, 9.17) is 11.5 Å². The Balaban J connectivity index is 2.89. The summed E-state index contributed by atoms with van der Waals surface area (Å²) in [4.78, 5) is 3.95. The Kier molecular flexibility index (Phi) is 3.74. The van der Waals surface area contributed by atoms with Crippen LogP contribution < -0.4 is 11.5 Å². The van der Waals surface area contributed by atoms with Crippen LogP contribution in [0.1, 0.15) is 12.0 Å². The molecule has 0 saturated carbocycles. The molecule has 0 unspecified atom stereocenters. The first-order chi connectivity index (χ1) is 6.24. The number of aromatic nitrogens is 1. The predicted molar refractivity (Wildman–Crippen MR) is 56.9 cm³/mol. The van der Waals surface area contributed by atoms with Crippen molar-refractivity contribution in [1.29, 1.82) is 0 Å². The van der Waals surface area contributed by atoms with Crippen LogP contribution in [0, 0.1) is 11.8 Å². The van der Waals surface area contributed by atoms with Crippen molar-refractivity contribution in [2.75, 3.05) is 12.3 Å².